The Labute approximate surface area is 403 Å². The van der Waals surface area contributed by atoms with Crippen molar-refractivity contribution in [2.75, 3.05) is 39.0 Å². The predicted molar refractivity (Wildman–Crippen MR) is 255 cm³/mol. The number of halogens is 1. The lowest BCUT2D eigenvalue weighted by atomic mass is 9.64. The lowest BCUT2D eigenvalue weighted by Gasteiger charge is -2.36. The average molecular weight is 964 g/mol. The summed E-state index contributed by atoms with van der Waals surface area (Å²) in [6.07, 6.45) is 17.8. The topological polar surface area (TPSA) is 189 Å². The molecule has 3 aliphatic carbocycles. The fraction of sp³-hybridized carbons (Fsp3) is 0.633. The number of carbonyl (C=O) groups excluding carboxylic acids is 2. The first-order chi connectivity index (χ1) is 33.2. The zero-order valence-electron chi connectivity index (χ0n) is 39.2. The van der Waals surface area contributed by atoms with Crippen molar-refractivity contribution in [2.24, 2.45) is 0 Å². The molecule has 6 aliphatic rings. The van der Waals surface area contributed by atoms with Gasteiger partial charge >= 0.3 is 0 Å². The Bertz CT molecular complexity index is 2930. The summed E-state index contributed by atoms with van der Waals surface area (Å²) in [5.74, 6) is 3.10. The first kappa shape index (κ1) is 44.6. The van der Waals surface area contributed by atoms with Crippen molar-refractivity contribution in [1.29, 1.82) is 0 Å². The second-order valence-electron chi connectivity index (χ2n) is 20.1. The minimum Gasteiger partial charge on any atom is -0.359 e. The summed E-state index contributed by atoms with van der Waals surface area (Å²) in [6, 6.07) is 0.550. The monoisotopic (exact) mass is 962 g/mol. The van der Waals surface area contributed by atoms with E-state index in [1.807, 2.05) is 6.20 Å². The maximum absolute atomic E-state index is 13.5. The normalized spacial score (nSPS) is 26.7. The van der Waals surface area contributed by atoms with Crippen molar-refractivity contribution in [1.82, 2.24) is 59.6 Å². The molecule has 68 heavy (non-hydrogen) atoms. The minimum atomic E-state index is -1.09. The molecule has 6 aromatic rings. The molecule has 6 aromatic heterocycles. The molecule has 0 amide bonds. The van der Waals surface area contributed by atoms with Crippen molar-refractivity contribution in [2.45, 2.75) is 163 Å². The summed E-state index contributed by atoms with van der Waals surface area (Å²) < 4.78 is 22.6. The molecule has 12 rings (SSSR count). The molecule has 2 saturated carbocycles. The second kappa shape index (κ2) is 17.7. The number of fused-ring (bicyclic) bond motifs is 6. The summed E-state index contributed by atoms with van der Waals surface area (Å²) in [4.78, 5) is 52.5. The fourth-order valence-corrected chi connectivity index (χ4v) is 14.2. The van der Waals surface area contributed by atoms with E-state index in [2.05, 4.69) is 50.4 Å². The van der Waals surface area contributed by atoms with Crippen molar-refractivity contribution < 1.29 is 23.4 Å². The average Bonchev–Trinajstić information content (AvgIpc) is 4.22. The van der Waals surface area contributed by atoms with Crippen molar-refractivity contribution in [3.63, 3.8) is 0 Å². The molecule has 0 bridgehead atoms. The van der Waals surface area contributed by atoms with Gasteiger partial charge in [0.25, 0.3) is 0 Å². The lowest BCUT2D eigenvalue weighted by Crippen LogP contribution is -2.44. The SMILES string of the molecule is CCN1CCC[C@H]1[C@H](CCSc1nc(-c2noc3c2CCOC32CCCCC2=O)nc2c1cnn2[C@@H](C)[C@@H]1CCCN1C)n1ncc2c(Cl)nc(-c3noc4c3CCC[C@@]43CCCCC3=O)nc21. The molecule has 358 valence electrons. The Hall–Kier alpha value is -4.62. The van der Waals surface area contributed by atoms with Crippen LogP contribution in [0.15, 0.2) is 26.5 Å². The summed E-state index contributed by atoms with van der Waals surface area (Å²) in [5, 5.41) is 21.9. The van der Waals surface area contributed by atoms with E-state index in [9.17, 15) is 9.59 Å². The number of rotatable bonds is 11. The number of likely N-dealkylation sites (N-methyl/N-ethyl adjacent to an activating group) is 2. The van der Waals surface area contributed by atoms with Crippen LogP contribution in [0.4, 0.5) is 0 Å². The molecule has 2 spiro atoms. The van der Waals surface area contributed by atoms with E-state index in [0.717, 1.165) is 130 Å². The number of thioether (sulfide) groups is 1. The van der Waals surface area contributed by atoms with Crippen LogP contribution in [0, 0.1) is 0 Å². The molecule has 0 aromatic carbocycles. The first-order valence-electron chi connectivity index (χ1n) is 25.1. The second-order valence-corrected chi connectivity index (χ2v) is 21.6. The summed E-state index contributed by atoms with van der Waals surface area (Å²) in [6.45, 7) is 7.84. The highest BCUT2D eigenvalue weighted by atomic mass is 35.5. The molecule has 17 nitrogen and oxygen atoms in total. The Balaban J connectivity index is 0.905. The Morgan fingerprint density at radius 2 is 1.46 bits per heavy atom. The third-order valence-electron chi connectivity index (χ3n) is 16.5. The van der Waals surface area contributed by atoms with Crippen LogP contribution in [-0.4, -0.2) is 122 Å². The van der Waals surface area contributed by atoms with Gasteiger partial charge in [-0.05, 0) is 117 Å². The number of ketones is 2. The molecular weight excluding hydrogens is 904 g/mol. The van der Waals surface area contributed by atoms with Crippen molar-refractivity contribution in [3.8, 4) is 23.0 Å². The summed E-state index contributed by atoms with van der Waals surface area (Å²) >= 11 is 8.72. The largest absolute Gasteiger partial charge is 0.359 e. The van der Waals surface area contributed by atoms with Crippen LogP contribution in [0.3, 0.4) is 0 Å². The molecule has 19 heteroatoms. The van der Waals surface area contributed by atoms with Crippen molar-refractivity contribution >= 4 is 57.0 Å². The van der Waals surface area contributed by atoms with E-state index < -0.39 is 11.0 Å². The van der Waals surface area contributed by atoms with E-state index in [-0.39, 0.29) is 29.7 Å². The van der Waals surface area contributed by atoms with Crippen LogP contribution in [-0.2, 0) is 38.2 Å². The zero-order valence-corrected chi connectivity index (χ0v) is 40.8. The minimum absolute atomic E-state index is 0.0557. The van der Waals surface area contributed by atoms with Crippen LogP contribution in [0.5, 0.6) is 0 Å². The first-order valence-corrected chi connectivity index (χ1v) is 26.5. The summed E-state index contributed by atoms with van der Waals surface area (Å²) in [5.41, 5.74) is 2.63. The van der Waals surface area contributed by atoms with E-state index in [1.54, 1.807) is 18.0 Å². The van der Waals surface area contributed by atoms with E-state index in [1.165, 1.54) is 0 Å². The highest BCUT2D eigenvalue weighted by Crippen LogP contribution is 2.49. The standard InChI is InChI=1S/C49H59ClN12O5S/c1-4-60-23-11-14-34(60)35(62-45-31(26-52-62)42(50)53-43(54-45)38-29-12-9-20-48(40(29)66-57-38)19-7-5-15-36(48)63)18-25-68-47-32-27-51-61(28(2)33-13-10-22-59(33)3)46(32)55-44(56-47)39-30-17-24-65-49(41(30)67-58-39)21-8-6-16-37(49)64/h26-28,33-35H,4-25H2,1-3H3/t28-,33-,34-,35-,48+,49?/m0/s1. The molecule has 1 unspecified atom stereocenters. The van der Waals surface area contributed by atoms with E-state index in [4.69, 9.17) is 55.5 Å². The van der Waals surface area contributed by atoms with Gasteiger partial charge in [0, 0.05) is 48.2 Å². The van der Waals surface area contributed by atoms with Crippen LogP contribution in [0.1, 0.15) is 145 Å². The third-order valence-corrected chi connectivity index (χ3v) is 17.8. The molecular formula is C49H59ClN12O5S. The van der Waals surface area contributed by atoms with Gasteiger partial charge in [0.15, 0.2) is 57.2 Å². The van der Waals surface area contributed by atoms with Gasteiger partial charge in [-0.3, -0.25) is 14.5 Å². The van der Waals surface area contributed by atoms with Gasteiger partial charge in [0.2, 0.25) is 0 Å². The van der Waals surface area contributed by atoms with Gasteiger partial charge in [-0.15, -0.1) is 11.8 Å². The number of Topliss-reactive ketones (excluding diaryl/α,β-unsaturated/α-hetero) is 2. The van der Waals surface area contributed by atoms with Gasteiger partial charge in [0.05, 0.1) is 47.3 Å². The van der Waals surface area contributed by atoms with E-state index in [0.29, 0.717) is 94.8 Å². The molecule has 3 aliphatic heterocycles. The fourth-order valence-electron chi connectivity index (χ4n) is 13.0. The van der Waals surface area contributed by atoms with Crippen LogP contribution < -0.4 is 0 Å². The molecule has 0 radical (unpaired) electrons. The molecule has 2 saturated heterocycles. The van der Waals surface area contributed by atoms with Gasteiger partial charge in [-0.25, -0.2) is 29.3 Å². The molecule has 4 fully saturated rings. The van der Waals surface area contributed by atoms with Gasteiger partial charge < -0.3 is 18.7 Å². The quantitative estimate of drug-likeness (QED) is 0.0888. The third kappa shape index (κ3) is 7.11. The Morgan fingerprint density at radius 1 is 0.765 bits per heavy atom. The number of nitrogens with zero attached hydrogens (tertiary/aromatic N) is 12. The number of ether oxygens (including phenoxy) is 1. The van der Waals surface area contributed by atoms with Gasteiger partial charge in [-0.1, -0.05) is 35.3 Å². The maximum atomic E-state index is 13.5. The smallest absolute Gasteiger partial charge is 0.186 e. The van der Waals surface area contributed by atoms with E-state index >= 15 is 0 Å². The van der Waals surface area contributed by atoms with Gasteiger partial charge in [-0.2, -0.15) is 10.2 Å². The Morgan fingerprint density at radius 3 is 2.24 bits per heavy atom. The highest BCUT2D eigenvalue weighted by molar-refractivity contribution is 7.99. The maximum Gasteiger partial charge on any atom is 0.186 e. The van der Waals surface area contributed by atoms with Crippen molar-refractivity contribution in [3.05, 3.63) is 40.2 Å². The molecule has 6 atom stereocenters. The Kier molecular flexibility index (Phi) is 11.6. The highest BCUT2D eigenvalue weighted by Gasteiger charge is 2.51. The number of likely N-dealkylation sites (tertiary alicyclic amines) is 2. The van der Waals surface area contributed by atoms with Crippen LogP contribution in [0.2, 0.25) is 5.15 Å². The predicted octanol–water partition coefficient (Wildman–Crippen LogP) is 8.42. The number of carbonyl (C=O) groups is 2. The number of aromatic nitrogens is 10. The number of hydrogen-bond donors (Lipinski definition) is 0. The zero-order chi connectivity index (χ0) is 46.3. The lowest BCUT2D eigenvalue weighted by molar-refractivity contribution is -0.157. The number of hydrogen-bond acceptors (Lipinski definition) is 16. The summed E-state index contributed by atoms with van der Waals surface area (Å²) in [7, 11) is 2.19. The van der Waals surface area contributed by atoms with Crippen LogP contribution in [0.25, 0.3) is 45.1 Å². The molecule has 9 heterocycles. The van der Waals surface area contributed by atoms with Crippen LogP contribution >= 0.6 is 23.4 Å². The van der Waals surface area contributed by atoms with Gasteiger partial charge in [0.1, 0.15) is 16.0 Å². The molecule has 0 N–H and O–H groups in total.